The molecule has 0 atom stereocenters. The Kier molecular flexibility index (Phi) is 4.33. The first kappa shape index (κ1) is 14.2. The van der Waals surface area contributed by atoms with Gasteiger partial charge in [0.1, 0.15) is 5.82 Å². The van der Waals surface area contributed by atoms with Gasteiger partial charge in [0.15, 0.2) is 0 Å². The number of halogens is 2. The van der Waals surface area contributed by atoms with E-state index in [1.54, 1.807) is 6.07 Å². The molecule has 0 aliphatic carbocycles. The molecule has 0 radical (unpaired) electrons. The standard InChI is InChI=1S/C12H17ClFNOSi/c1-17(2,3)9-5-4-8(6-7-13)11(14)10(9)12(15)16/h4-5H,6-7H2,1-3H3,(H2,15,16). The fraction of sp³-hybridized carbons (Fsp3) is 0.417. The van der Waals surface area contributed by atoms with Crippen LogP contribution in [0, 0.1) is 5.82 Å². The van der Waals surface area contributed by atoms with Crippen molar-refractivity contribution in [3.63, 3.8) is 0 Å². The lowest BCUT2D eigenvalue weighted by Gasteiger charge is -2.21. The molecule has 2 N–H and O–H groups in total. The van der Waals surface area contributed by atoms with Crippen molar-refractivity contribution in [2.24, 2.45) is 5.73 Å². The molecule has 0 bridgehead atoms. The van der Waals surface area contributed by atoms with E-state index in [1.165, 1.54) is 0 Å². The molecule has 2 nitrogen and oxygen atoms in total. The Morgan fingerprint density at radius 1 is 1.41 bits per heavy atom. The number of aryl methyl sites for hydroxylation is 1. The maximum Gasteiger partial charge on any atom is 0.251 e. The normalized spacial score (nSPS) is 11.6. The molecule has 0 heterocycles. The van der Waals surface area contributed by atoms with Gasteiger partial charge in [-0.3, -0.25) is 4.79 Å². The summed E-state index contributed by atoms with van der Waals surface area (Å²) in [4.78, 5) is 11.4. The zero-order chi connectivity index (χ0) is 13.2. The second-order valence-corrected chi connectivity index (χ2v) is 10.4. The minimum Gasteiger partial charge on any atom is -0.366 e. The van der Waals surface area contributed by atoms with Crippen molar-refractivity contribution in [1.29, 1.82) is 0 Å². The number of rotatable bonds is 4. The lowest BCUT2D eigenvalue weighted by Crippen LogP contribution is -2.43. The van der Waals surface area contributed by atoms with E-state index in [-0.39, 0.29) is 5.56 Å². The number of alkyl halides is 1. The third-order valence-electron chi connectivity index (χ3n) is 2.64. The lowest BCUT2D eigenvalue weighted by molar-refractivity contribution is 0.0997. The molecule has 0 saturated heterocycles. The number of hydrogen-bond donors (Lipinski definition) is 1. The second kappa shape index (κ2) is 5.19. The molecule has 1 aromatic carbocycles. The Balaban J connectivity index is 3.45. The molecule has 0 saturated carbocycles. The Labute approximate surface area is 107 Å². The van der Waals surface area contributed by atoms with Gasteiger partial charge in [-0.25, -0.2) is 4.39 Å². The first-order chi connectivity index (χ1) is 7.79. The van der Waals surface area contributed by atoms with Crippen LogP contribution in [0.1, 0.15) is 15.9 Å². The highest BCUT2D eigenvalue weighted by molar-refractivity contribution is 6.89. The quantitative estimate of drug-likeness (QED) is 0.664. The van der Waals surface area contributed by atoms with Crippen LogP contribution in [0.15, 0.2) is 12.1 Å². The Bertz CT molecular complexity index is 443. The van der Waals surface area contributed by atoms with E-state index in [4.69, 9.17) is 17.3 Å². The summed E-state index contributed by atoms with van der Waals surface area (Å²) in [5, 5.41) is 0.765. The zero-order valence-electron chi connectivity index (χ0n) is 10.3. The van der Waals surface area contributed by atoms with Crippen LogP contribution >= 0.6 is 11.6 Å². The first-order valence-electron chi connectivity index (χ1n) is 5.46. The molecular formula is C12H17ClFNOSi. The van der Waals surface area contributed by atoms with Gasteiger partial charge in [0.2, 0.25) is 0 Å². The Hall–Kier alpha value is -0.873. The fourth-order valence-corrected chi connectivity index (χ4v) is 3.55. The predicted molar refractivity (Wildman–Crippen MR) is 72.3 cm³/mol. The molecule has 1 aromatic rings. The number of carbonyl (C=O) groups excluding carboxylic acids is 1. The number of primary amides is 1. The molecule has 0 aromatic heterocycles. The van der Waals surface area contributed by atoms with Crippen LogP contribution in [0.5, 0.6) is 0 Å². The van der Waals surface area contributed by atoms with Crippen molar-refractivity contribution in [1.82, 2.24) is 0 Å². The summed E-state index contributed by atoms with van der Waals surface area (Å²) in [5.74, 6) is -0.879. The SMILES string of the molecule is C[Si](C)(C)c1ccc(CCCl)c(F)c1C(N)=O. The summed E-state index contributed by atoms with van der Waals surface area (Å²) < 4.78 is 14.2. The van der Waals surface area contributed by atoms with Crippen molar-refractivity contribution in [3.8, 4) is 0 Å². The van der Waals surface area contributed by atoms with E-state index >= 15 is 0 Å². The first-order valence-corrected chi connectivity index (χ1v) is 9.50. The highest BCUT2D eigenvalue weighted by atomic mass is 35.5. The average molecular weight is 274 g/mol. The van der Waals surface area contributed by atoms with Crippen molar-refractivity contribution in [2.45, 2.75) is 26.1 Å². The largest absolute Gasteiger partial charge is 0.366 e. The molecular weight excluding hydrogens is 257 g/mol. The summed E-state index contributed by atoms with van der Waals surface area (Å²) in [6.45, 7) is 6.15. The van der Waals surface area contributed by atoms with Gasteiger partial charge < -0.3 is 5.73 Å². The monoisotopic (exact) mass is 273 g/mol. The number of carbonyl (C=O) groups is 1. The number of amides is 1. The average Bonchev–Trinajstić information content (AvgIpc) is 2.18. The van der Waals surface area contributed by atoms with Crippen LogP contribution in [-0.2, 0) is 6.42 Å². The summed E-state index contributed by atoms with van der Waals surface area (Å²) in [6, 6.07) is 3.52. The fourth-order valence-electron chi connectivity index (χ4n) is 1.78. The lowest BCUT2D eigenvalue weighted by atomic mass is 10.1. The summed E-state index contributed by atoms with van der Waals surface area (Å²) in [7, 11) is -1.79. The van der Waals surface area contributed by atoms with E-state index in [2.05, 4.69) is 19.6 Å². The Morgan fingerprint density at radius 3 is 2.41 bits per heavy atom. The van der Waals surface area contributed by atoms with Crippen LogP contribution < -0.4 is 10.9 Å². The van der Waals surface area contributed by atoms with Gasteiger partial charge in [0.05, 0.1) is 13.6 Å². The van der Waals surface area contributed by atoms with Gasteiger partial charge in [0, 0.05) is 5.88 Å². The third-order valence-corrected chi connectivity index (χ3v) is 4.86. The van der Waals surface area contributed by atoms with Crippen LogP contribution in [0.25, 0.3) is 0 Å². The van der Waals surface area contributed by atoms with E-state index in [1.807, 2.05) is 6.07 Å². The highest BCUT2D eigenvalue weighted by Gasteiger charge is 2.26. The van der Waals surface area contributed by atoms with E-state index in [0.29, 0.717) is 17.9 Å². The van der Waals surface area contributed by atoms with Gasteiger partial charge in [-0.05, 0) is 17.2 Å². The van der Waals surface area contributed by atoms with Crippen molar-refractivity contribution < 1.29 is 9.18 Å². The van der Waals surface area contributed by atoms with Crippen molar-refractivity contribution >= 4 is 30.8 Å². The van der Waals surface area contributed by atoms with Gasteiger partial charge in [-0.1, -0.05) is 31.8 Å². The summed E-state index contributed by atoms with van der Waals surface area (Å²) in [5.41, 5.74) is 5.79. The predicted octanol–water partition coefficient (Wildman–Crippen LogP) is 2.25. The van der Waals surface area contributed by atoms with Crippen LogP contribution in [-0.4, -0.2) is 19.9 Å². The molecule has 0 aliphatic heterocycles. The number of nitrogens with two attached hydrogens (primary N) is 1. The molecule has 0 unspecified atom stereocenters. The molecule has 1 rings (SSSR count). The number of benzene rings is 1. The molecule has 0 aliphatic rings. The maximum absolute atomic E-state index is 14.2. The summed E-state index contributed by atoms with van der Waals surface area (Å²) in [6.07, 6.45) is 0.402. The van der Waals surface area contributed by atoms with E-state index in [9.17, 15) is 9.18 Å². The topological polar surface area (TPSA) is 43.1 Å². The molecule has 17 heavy (non-hydrogen) atoms. The smallest absolute Gasteiger partial charge is 0.251 e. The number of hydrogen-bond acceptors (Lipinski definition) is 1. The van der Waals surface area contributed by atoms with Gasteiger partial charge in [-0.15, -0.1) is 11.6 Å². The molecule has 0 spiro atoms. The third kappa shape index (κ3) is 3.07. The second-order valence-electron chi connectivity index (χ2n) is 5.01. The Morgan fingerprint density at radius 2 is 2.00 bits per heavy atom. The van der Waals surface area contributed by atoms with Crippen LogP contribution in [0.3, 0.4) is 0 Å². The van der Waals surface area contributed by atoms with E-state index in [0.717, 1.165) is 5.19 Å². The van der Waals surface area contributed by atoms with Gasteiger partial charge >= 0.3 is 0 Å². The van der Waals surface area contributed by atoms with Crippen LogP contribution in [0.4, 0.5) is 4.39 Å². The van der Waals surface area contributed by atoms with Crippen molar-refractivity contribution in [2.75, 3.05) is 5.88 Å². The molecule has 5 heteroatoms. The van der Waals surface area contributed by atoms with Crippen molar-refractivity contribution in [3.05, 3.63) is 29.1 Å². The summed E-state index contributed by atoms with van der Waals surface area (Å²) >= 11 is 5.60. The highest BCUT2D eigenvalue weighted by Crippen LogP contribution is 2.16. The minimum absolute atomic E-state index is 0.0479. The zero-order valence-corrected chi connectivity index (χ0v) is 12.1. The van der Waals surface area contributed by atoms with E-state index < -0.39 is 19.8 Å². The minimum atomic E-state index is -1.79. The molecule has 0 fully saturated rings. The van der Waals surface area contributed by atoms with Gasteiger partial charge in [0.25, 0.3) is 5.91 Å². The maximum atomic E-state index is 14.2. The molecule has 94 valence electrons. The van der Waals surface area contributed by atoms with Gasteiger partial charge in [-0.2, -0.15) is 0 Å². The molecule has 1 amide bonds. The van der Waals surface area contributed by atoms with Crippen LogP contribution in [0.2, 0.25) is 19.6 Å².